The molecule has 1 aromatic rings. The summed E-state index contributed by atoms with van der Waals surface area (Å²) in [7, 11) is 0. The van der Waals surface area contributed by atoms with Gasteiger partial charge in [-0.3, -0.25) is 10.1 Å². The highest BCUT2D eigenvalue weighted by molar-refractivity contribution is 5.44. The van der Waals surface area contributed by atoms with Crippen LogP contribution in [0.4, 0.5) is 11.5 Å². The first-order chi connectivity index (χ1) is 8.82. The first kappa shape index (κ1) is 15.4. The van der Waals surface area contributed by atoms with E-state index in [1.807, 2.05) is 0 Å². The first-order valence-electron chi connectivity index (χ1n) is 6.68. The molecule has 0 aliphatic heterocycles. The molecule has 5 heteroatoms. The minimum Gasteiger partial charge on any atom is -0.370 e. The van der Waals surface area contributed by atoms with Crippen molar-refractivity contribution >= 4 is 11.5 Å². The molecule has 0 atom stereocenters. The molecule has 1 heterocycles. The van der Waals surface area contributed by atoms with Crippen molar-refractivity contribution in [3.63, 3.8) is 0 Å². The Kier molecular flexibility index (Phi) is 5.27. The predicted octanol–water partition coefficient (Wildman–Crippen LogP) is 3.64. The summed E-state index contributed by atoms with van der Waals surface area (Å²) in [6.07, 6.45) is 0. The molecule has 0 aromatic carbocycles. The van der Waals surface area contributed by atoms with Crippen LogP contribution in [0.5, 0.6) is 0 Å². The van der Waals surface area contributed by atoms with Crippen LogP contribution < -0.4 is 5.32 Å². The second-order valence-electron chi connectivity index (χ2n) is 5.59. The second kappa shape index (κ2) is 6.50. The van der Waals surface area contributed by atoms with Crippen LogP contribution in [0.2, 0.25) is 0 Å². The largest absolute Gasteiger partial charge is 0.370 e. The Labute approximate surface area is 114 Å². The summed E-state index contributed by atoms with van der Waals surface area (Å²) >= 11 is 0. The Morgan fingerprint density at radius 1 is 1.26 bits per heavy atom. The molecule has 0 spiro atoms. The zero-order chi connectivity index (χ0) is 14.6. The number of nitro groups is 1. The van der Waals surface area contributed by atoms with Crippen molar-refractivity contribution in [2.45, 2.75) is 34.6 Å². The van der Waals surface area contributed by atoms with Crippen LogP contribution in [0.25, 0.3) is 0 Å². The van der Waals surface area contributed by atoms with E-state index in [9.17, 15) is 10.1 Å². The standard InChI is InChI=1S/C14H23N3O2/c1-9(2)12(10(3)4)8-15-14-7-6-13(17(18)19)11(5)16-14/h6-7,9-10,12H,8H2,1-5H3,(H,15,16). The average Bonchev–Trinajstić information content (AvgIpc) is 2.27. The van der Waals surface area contributed by atoms with Crippen LogP contribution in [0, 0.1) is 34.8 Å². The lowest BCUT2D eigenvalue weighted by Gasteiger charge is -2.25. The van der Waals surface area contributed by atoms with Gasteiger partial charge < -0.3 is 5.32 Å². The van der Waals surface area contributed by atoms with Gasteiger partial charge in [0, 0.05) is 12.6 Å². The fraction of sp³-hybridized carbons (Fsp3) is 0.643. The average molecular weight is 265 g/mol. The van der Waals surface area contributed by atoms with Gasteiger partial charge in [-0.1, -0.05) is 27.7 Å². The van der Waals surface area contributed by atoms with Gasteiger partial charge in [0.2, 0.25) is 0 Å². The van der Waals surface area contributed by atoms with Gasteiger partial charge in [-0.25, -0.2) is 4.98 Å². The van der Waals surface area contributed by atoms with Crippen molar-refractivity contribution in [1.82, 2.24) is 4.98 Å². The Balaban J connectivity index is 2.73. The monoisotopic (exact) mass is 265 g/mol. The van der Waals surface area contributed by atoms with Crippen LogP contribution >= 0.6 is 0 Å². The van der Waals surface area contributed by atoms with Gasteiger partial charge in [0.25, 0.3) is 5.69 Å². The van der Waals surface area contributed by atoms with E-state index in [0.717, 1.165) is 6.54 Å². The van der Waals surface area contributed by atoms with E-state index < -0.39 is 4.92 Å². The van der Waals surface area contributed by atoms with Gasteiger partial charge in [0.1, 0.15) is 11.5 Å². The summed E-state index contributed by atoms with van der Waals surface area (Å²) in [6, 6.07) is 3.17. The third-order valence-corrected chi connectivity index (χ3v) is 3.49. The molecule has 0 aliphatic carbocycles. The lowest BCUT2D eigenvalue weighted by molar-refractivity contribution is -0.385. The van der Waals surface area contributed by atoms with E-state index in [1.165, 1.54) is 6.07 Å². The Hall–Kier alpha value is -1.65. The summed E-state index contributed by atoms with van der Waals surface area (Å²) in [5.74, 6) is 2.44. The van der Waals surface area contributed by atoms with Gasteiger partial charge in [-0.05, 0) is 30.7 Å². The van der Waals surface area contributed by atoms with Crippen molar-refractivity contribution in [3.05, 3.63) is 27.9 Å². The fourth-order valence-corrected chi connectivity index (χ4v) is 2.31. The summed E-state index contributed by atoms with van der Waals surface area (Å²) in [4.78, 5) is 14.5. The normalized spacial score (nSPS) is 11.4. The van der Waals surface area contributed by atoms with Gasteiger partial charge in [0.05, 0.1) is 4.92 Å². The van der Waals surface area contributed by atoms with Crippen LogP contribution in [0.3, 0.4) is 0 Å². The highest BCUT2D eigenvalue weighted by atomic mass is 16.6. The SMILES string of the molecule is Cc1nc(NCC(C(C)C)C(C)C)ccc1[N+](=O)[O-]. The van der Waals surface area contributed by atoms with E-state index in [-0.39, 0.29) is 5.69 Å². The molecule has 106 valence electrons. The van der Waals surface area contributed by atoms with Crippen molar-refractivity contribution in [2.24, 2.45) is 17.8 Å². The van der Waals surface area contributed by atoms with Crippen molar-refractivity contribution in [1.29, 1.82) is 0 Å². The Morgan fingerprint density at radius 3 is 2.26 bits per heavy atom. The van der Waals surface area contributed by atoms with Crippen LogP contribution in [-0.4, -0.2) is 16.5 Å². The van der Waals surface area contributed by atoms with E-state index in [1.54, 1.807) is 13.0 Å². The Bertz CT molecular complexity index is 436. The van der Waals surface area contributed by atoms with Gasteiger partial charge in [-0.15, -0.1) is 0 Å². The Morgan fingerprint density at radius 2 is 1.84 bits per heavy atom. The third-order valence-electron chi connectivity index (χ3n) is 3.49. The molecule has 0 unspecified atom stereocenters. The molecule has 0 aliphatic rings. The minimum atomic E-state index is -0.406. The second-order valence-corrected chi connectivity index (χ2v) is 5.59. The first-order valence-corrected chi connectivity index (χ1v) is 6.68. The van der Waals surface area contributed by atoms with Crippen molar-refractivity contribution < 1.29 is 4.92 Å². The number of hydrogen-bond donors (Lipinski definition) is 1. The lowest BCUT2D eigenvalue weighted by atomic mass is 9.85. The number of rotatable bonds is 6. The molecular formula is C14H23N3O2. The van der Waals surface area contributed by atoms with Gasteiger partial charge >= 0.3 is 0 Å². The van der Waals surface area contributed by atoms with Crippen molar-refractivity contribution in [3.8, 4) is 0 Å². The quantitative estimate of drug-likeness (QED) is 0.630. The number of nitrogens with zero attached hydrogens (tertiary/aromatic N) is 2. The maximum Gasteiger partial charge on any atom is 0.290 e. The van der Waals surface area contributed by atoms with E-state index in [0.29, 0.717) is 29.3 Å². The fourth-order valence-electron chi connectivity index (χ4n) is 2.31. The number of aryl methyl sites for hydroxylation is 1. The third kappa shape index (κ3) is 4.19. The zero-order valence-electron chi connectivity index (χ0n) is 12.3. The molecule has 0 radical (unpaired) electrons. The maximum absolute atomic E-state index is 10.7. The molecule has 1 aromatic heterocycles. The van der Waals surface area contributed by atoms with E-state index >= 15 is 0 Å². The van der Waals surface area contributed by atoms with E-state index in [2.05, 4.69) is 38.0 Å². The number of hydrogen-bond acceptors (Lipinski definition) is 4. The molecule has 1 N–H and O–H groups in total. The molecule has 0 bridgehead atoms. The topological polar surface area (TPSA) is 68.1 Å². The van der Waals surface area contributed by atoms with Gasteiger partial charge in [-0.2, -0.15) is 0 Å². The highest BCUT2D eigenvalue weighted by Gasteiger charge is 2.18. The molecule has 0 saturated carbocycles. The molecule has 19 heavy (non-hydrogen) atoms. The van der Waals surface area contributed by atoms with Gasteiger partial charge in [0.15, 0.2) is 0 Å². The smallest absolute Gasteiger partial charge is 0.290 e. The number of pyridine rings is 1. The van der Waals surface area contributed by atoms with Crippen LogP contribution in [0.15, 0.2) is 12.1 Å². The molecule has 0 fully saturated rings. The minimum absolute atomic E-state index is 0.0646. The molecule has 1 rings (SSSR count). The van der Waals surface area contributed by atoms with E-state index in [4.69, 9.17) is 0 Å². The number of aromatic nitrogens is 1. The maximum atomic E-state index is 10.7. The summed E-state index contributed by atoms with van der Waals surface area (Å²) in [5.41, 5.74) is 0.510. The number of anilines is 1. The highest BCUT2D eigenvalue weighted by Crippen LogP contribution is 2.22. The van der Waals surface area contributed by atoms with Crippen LogP contribution in [-0.2, 0) is 0 Å². The molecule has 5 nitrogen and oxygen atoms in total. The molecular weight excluding hydrogens is 242 g/mol. The zero-order valence-corrected chi connectivity index (χ0v) is 12.3. The summed E-state index contributed by atoms with van der Waals surface area (Å²) in [5, 5.41) is 14.0. The van der Waals surface area contributed by atoms with Crippen LogP contribution in [0.1, 0.15) is 33.4 Å². The summed E-state index contributed by atoms with van der Waals surface area (Å²) < 4.78 is 0. The number of nitrogens with one attached hydrogen (secondary N) is 1. The lowest BCUT2D eigenvalue weighted by Crippen LogP contribution is -2.24. The molecule has 0 amide bonds. The van der Waals surface area contributed by atoms with Crippen molar-refractivity contribution in [2.75, 3.05) is 11.9 Å². The molecule has 0 saturated heterocycles. The predicted molar refractivity (Wildman–Crippen MR) is 77.3 cm³/mol. The summed E-state index contributed by atoms with van der Waals surface area (Å²) in [6.45, 7) is 11.3.